The number of primary amides is 1. The fourth-order valence-corrected chi connectivity index (χ4v) is 9.72. The Bertz CT molecular complexity index is 724. The van der Waals surface area contributed by atoms with Crippen molar-refractivity contribution in [1.29, 1.82) is 0 Å². The van der Waals surface area contributed by atoms with Crippen LogP contribution in [0.5, 0.6) is 0 Å². The maximum atomic E-state index is 13.0. The SMILES string of the molecule is CC1NC(NC(=O)N2CCC[C@@H]2C(N)=O)SC1C1(C2CCCCCC2)CSC(C(C)(C)C)N1. The van der Waals surface area contributed by atoms with Gasteiger partial charge in [0.15, 0.2) is 0 Å². The number of thioether (sulfide) groups is 2. The van der Waals surface area contributed by atoms with Gasteiger partial charge in [-0.05, 0) is 43.9 Å². The Kier molecular flexibility index (Phi) is 7.83. The van der Waals surface area contributed by atoms with Crippen molar-refractivity contribution in [3.05, 3.63) is 0 Å². The van der Waals surface area contributed by atoms with E-state index in [2.05, 4.69) is 55.4 Å². The van der Waals surface area contributed by atoms with Crippen LogP contribution in [-0.2, 0) is 4.79 Å². The molecule has 0 bridgehead atoms. The van der Waals surface area contributed by atoms with E-state index in [1.807, 2.05) is 11.8 Å². The van der Waals surface area contributed by atoms with E-state index in [0.29, 0.717) is 29.5 Å². The molecule has 0 radical (unpaired) electrons. The molecule has 4 fully saturated rings. The van der Waals surface area contributed by atoms with E-state index < -0.39 is 11.9 Å². The molecular formula is C24H43N5O2S2. The molecule has 4 aliphatic rings. The van der Waals surface area contributed by atoms with Crippen LogP contribution in [0.4, 0.5) is 4.79 Å². The Morgan fingerprint density at radius 2 is 1.79 bits per heavy atom. The van der Waals surface area contributed by atoms with Crippen molar-refractivity contribution in [2.75, 3.05) is 12.3 Å². The van der Waals surface area contributed by atoms with Crippen molar-refractivity contribution in [2.45, 2.75) is 113 Å². The van der Waals surface area contributed by atoms with Gasteiger partial charge >= 0.3 is 6.03 Å². The topological polar surface area (TPSA) is 99.5 Å². The second-order valence-corrected chi connectivity index (χ2v) is 13.9. The first-order valence-corrected chi connectivity index (χ1v) is 14.8. The van der Waals surface area contributed by atoms with Crippen molar-refractivity contribution in [3.8, 4) is 0 Å². The van der Waals surface area contributed by atoms with Gasteiger partial charge in [0.05, 0.1) is 5.37 Å². The molecule has 1 saturated carbocycles. The number of carbonyl (C=O) groups is 2. The standard InChI is InChI=1S/C24H43N5O2S2/c1-15-18(33-21(26-15)27-22(31)29-13-9-12-17(29)19(25)30)24(16-10-7-5-6-8-11-16)14-32-20(28-24)23(2,3)4/h15-18,20-21,26,28H,5-14H2,1-4H3,(H2,25,30)(H,27,31)/t15?,17-,18?,20?,21?,24?/m1/s1. The van der Waals surface area contributed by atoms with E-state index in [0.717, 1.165) is 12.2 Å². The molecular weight excluding hydrogens is 454 g/mol. The predicted octanol–water partition coefficient (Wildman–Crippen LogP) is 3.44. The smallest absolute Gasteiger partial charge is 0.319 e. The summed E-state index contributed by atoms with van der Waals surface area (Å²) in [6, 6.07) is -0.387. The van der Waals surface area contributed by atoms with Crippen LogP contribution in [0.15, 0.2) is 0 Å². The van der Waals surface area contributed by atoms with Crippen LogP contribution in [0.2, 0.25) is 0 Å². The summed E-state index contributed by atoms with van der Waals surface area (Å²) < 4.78 is 0. The van der Waals surface area contributed by atoms with E-state index in [9.17, 15) is 9.59 Å². The summed E-state index contributed by atoms with van der Waals surface area (Å²) in [5.74, 6) is 1.38. The lowest BCUT2D eigenvalue weighted by Gasteiger charge is -2.44. The molecule has 7 nitrogen and oxygen atoms in total. The molecule has 188 valence electrons. The second kappa shape index (κ2) is 10.2. The largest absolute Gasteiger partial charge is 0.368 e. The van der Waals surface area contributed by atoms with E-state index in [1.165, 1.54) is 38.5 Å². The normalized spacial score (nSPS) is 38.4. The summed E-state index contributed by atoms with van der Waals surface area (Å²) in [7, 11) is 0. The lowest BCUT2D eigenvalue weighted by molar-refractivity contribution is -0.121. The van der Waals surface area contributed by atoms with Crippen molar-refractivity contribution >= 4 is 35.5 Å². The number of nitrogens with two attached hydrogens (primary N) is 1. The molecule has 4 rings (SSSR count). The summed E-state index contributed by atoms with van der Waals surface area (Å²) >= 11 is 3.95. The minimum atomic E-state index is -0.484. The van der Waals surface area contributed by atoms with E-state index >= 15 is 0 Å². The number of urea groups is 1. The van der Waals surface area contributed by atoms with Gasteiger partial charge in [0, 0.05) is 29.1 Å². The fraction of sp³-hybridized carbons (Fsp3) is 0.917. The van der Waals surface area contributed by atoms with E-state index in [-0.39, 0.29) is 28.5 Å². The van der Waals surface area contributed by atoms with Gasteiger partial charge in [0.2, 0.25) is 5.91 Å². The van der Waals surface area contributed by atoms with Crippen LogP contribution in [0.25, 0.3) is 0 Å². The third-order valence-electron chi connectivity index (χ3n) is 8.01. The molecule has 0 spiro atoms. The number of amides is 3. The molecule has 6 atom stereocenters. The highest BCUT2D eigenvalue weighted by atomic mass is 32.2. The minimum Gasteiger partial charge on any atom is -0.368 e. The Balaban J connectivity index is 1.50. The third kappa shape index (κ3) is 5.31. The Hall–Kier alpha value is -0.640. The van der Waals surface area contributed by atoms with Gasteiger partial charge in [-0.1, -0.05) is 46.5 Å². The van der Waals surface area contributed by atoms with Gasteiger partial charge in [0.1, 0.15) is 11.5 Å². The molecule has 3 heterocycles. The molecule has 0 aromatic heterocycles. The van der Waals surface area contributed by atoms with Crippen LogP contribution >= 0.6 is 23.5 Å². The Morgan fingerprint density at radius 1 is 1.09 bits per heavy atom. The zero-order valence-electron chi connectivity index (χ0n) is 20.7. The summed E-state index contributed by atoms with van der Waals surface area (Å²) in [5.41, 5.74) is 5.63. The zero-order valence-corrected chi connectivity index (χ0v) is 22.3. The summed E-state index contributed by atoms with van der Waals surface area (Å²) in [6.07, 6.45) is 9.41. The van der Waals surface area contributed by atoms with Crippen molar-refractivity contribution in [2.24, 2.45) is 17.1 Å². The highest BCUT2D eigenvalue weighted by Crippen LogP contribution is 2.50. The number of nitrogens with one attached hydrogen (secondary N) is 3. The van der Waals surface area contributed by atoms with Gasteiger partial charge in [-0.2, -0.15) is 0 Å². The van der Waals surface area contributed by atoms with E-state index in [4.69, 9.17) is 5.73 Å². The molecule has 9 heteroatoms. The van der Waals surface area contributed by atoms with E-state index in [1.54, 1.807) is 4.90 Å². The highest BCUT2D eigenvalue weighted by Gasteiger charge is 2.56. The molecule has 5 N–H and O–H groups in total. The molecule has 0 aromatic carbocycles. The molecule has 5 unspecified atom stereocenters. The Labute approximate surface area is 207 Å². The molecule has 33 heavy (non-hydrogen) atoms. The minimum absolute atomic E-state index is 0.0624. The van der Waals surface area contributed by atoms with Crippen LogP contribution in [0.3, 0.4) is 0 Å². The van der Waals surface area contributed by atoms with Gasteiger partial charge in [0.25, 0.3) is 0 Å². The average Bonchev–Trinajstić information content (AvgIpc) is 3.43. The summed E-state index contributed by atoms with van der Waals surface area (Å²) in [6.45, 7) is 9.85. The van der Waals surface area contributed by atoms with Crippen LogP contribution < -0.4 is 21.7 Å². The second-order valence-electron chi connectivity index (χ2n) is 11.5. The quantitative estimate of drug-likeness (QED) is 0.444. The van der Waals surface area contributed by atoms with Gasteiger partial charge in [-0.3, -0.25) is 15.4 Å². The number of hydrogen-bond donors (Lipinski definition) is 4. The number of carbonyl (C=O) groups excluding carboxylic acids is 2. The van der Waals surface area contributed by atoms with Gasteiger partial charge in [-0.25, -0.2) is 4.79 Å². The van der Waals surface area contributed by atoms with Crippen LogP contribution in [-0.4, -0.2) is 62.9 Å². The number of nitrogens with zero attached hydrogens (tertiary/aromatic N) is 1. The predicted molar refractivity (Wildman–Crippen MR) is 138 cm³/mol. The first-order valence-electron chi connectivity index (χ1n) is 12.8. The van der Waals surface area contributed by atoms with Crippen molar-refractivity contribution in [3.63, 3.8) is 0 Å². The number of rotatable bonds is 4. The maximum Gasteiger partial charge on any atom is 0.319 e. The Morgan fingerprint density at radius 3 is 2.39 bits per heavy atom. The summed E-state index contributed by atoms with van der Waals surface area (Å²) in [5, 5.41) is 11.8. The van der Waals surface area contributed by atoms with Gasteiger partial charge in [-0.15, -0.1) is 23.5 Å². The van der Waals surface area contributed by atoms with Crippen LogP contribution in [0.1, 0.15) is 79.1 Å². The number of hydrogen-bond acceptors (Lipinski definition) is 6. The highest BCUT2D eigenvalue weighted by molar-refractivity contribution is 8.01. The van der Waals surface area contributed by atoms with Crippen molar-refractivity contribution < 1.29 is 9.59 Å². The average molecular weight is 498 g/mol. The van der Waals surface area contributed by atoms with Crippen molar-refractivity contribution in [1.82, 2.24) is 20.9 Å². The number of likely N-dealkylation sites (tertiary alicyclic amines) is 1. The third-order valence-corrected chi connectivity index (χ3v) is 11.5. The molecule has 3 saturated heterocycles. The lowest BCUT2D eigenvalue weighted by atomic mass is 9.75. The monoisotopic (exact) mass is 497 g/mol. The maximum absolute atomic E-state index is 13.0. The zero-order chi connectivity index (χ0) is 23.8. The molecule has 1 aliphatic carbocycles. The molecule has 3 aliphatic heterocycles. The molecule has 3 amide bonds. The lowest BCUT2D eigenvalue weighted by Crippen LogP contribution is -2.62. The first-order chi connectivity index (χ1) is 15.6. The van der Waals surface area contributed by atoms with Crippen LogP contribution in [0, 0.1) is 11.3 Å². The van der Waals surface area contributed by atoms with Gasteiger partial charge < -0.3 is 16.0 Å². The first kappa shape index (κ1) is 25.5. The fourth-order valence-electron chi connectivity index (χ4n) is 6.22. The molecule has 0 aromatic rings. The summed E-state index contributed by atoms with van der Waals surface area (Å²) in [4.78, 5) is 26.4.